The van der Waals surface area contributed by atoms with Crippen LogP contribution < -0.4 is 15.0 Å². The SMILES string of the molecule is COc1ccc([C@@H](Nc2cc(C)cc[nH+]2)c2ccc3cccnc3c2O)cc1O. The molecule has 2 aromatic heterocycles. The number of fused-ring (bicyclic) bond motifs is 1. The second-order valence-corrected chi connectivity index (χ2v) is 6.87. The molecule has 6 heteroatoms. The number of aromatic hydroxyl groups is 2. The average Bonchev–Trinajstić information content (AvgIpc) is 2.73. The van der Waals surface area contributed by atoms with Gasteiger partial charge in [-0.3, -0.25) is 10.3 Å². The highest BCUT2D eigenvalue weighted by Crippen LogP contribution is 2.38. The molecule has 2 heterocycles. The van der Waals surface area contributed by atoms with Gasteiger partial charge in [0.1, 0.15) is 17.3 Å². The van der Waals surface area contributed by atoms with E-state index in [-0.39, 0.29) is 11.5 Å². The van der Waals surface area contributed by atoms with Crippen LogP contribution in [-0.4, -0.2) is 22.3 Å². The molecule has 0 spiro atoms. The highest BCUT2D eigenvalue weighted by atomic mass is 16.5. The van der Waals surface area contributed by atoms with Gasteiger partial charge in [-0.15, -0.1) is 0 Å². The van der Waals surface area contributed by atoms with Crippen molar-refractivity contribution in [2.24, 2.45) is 0 Å². The Bertz CT molecular complexity index is 1180. The Balaban J connectivity index is 1.86. The van der Waals surface area contributed by atoms with Gasteiger partial charge in [-0.1, -0.05) is 18.2 Å². The number of benzene rings is 2. The maximum atomic E-state index is 11.0. The summed E-state index contributed by atoms with van der Waals surface area (Å²) in [6.07, 6.45) is 3.50. The summed E-state index contributed by atoms with van der Waals surface area (Å²) in [5.74, 6) is 1.30. The molecule has 0 amide bonds. The lowest BCUT2D eigenvalue weighted by atomic mass is 9.95. The number of phenolic OH excluding ortho intramolecular Hbond substituents is 2. The van der Waals surface area contributed by atoms with E-state index in [1.165, 1.54) is 7.11 Å². The molecule has 0 aliphatic heterocycles. The number of hydrogen-bond donors (Lipinski definition) is 3. The van der Waals surface area contributed by atoms with Gasteiger partial charge < -0.3 is 14.9 Å². The van der Waals surface area contributed by atoms with Crippen molar-refractivity contribution in [1.29, 1.82) is 0 Å². The first kappa shape index (κ1) is 18.6. The first-order chi connectivity index (χ1) is 14.1. The molecule has 0 aliphatic rings. The number of aromatic amines is 1. The molecule has 1 atom stereocenters. The van der Waals surface area contributed by atoms with Gasteiger partial charge in [0.2, 0.25) is 0 Å². The number of aromatic nitrogens is 2. The van der Waals surface area contributed by atoms with Gasteiger partial charge in [-0.05, 0) is 42.8 Å². The predicted molar refractivity (Wildman–Crippen MR) is 111 cm³/mol. The molecule has 0 radical (unpaired) electrons. The quantitative estimate of drug-likeness (QED) is 0.481. The van der Waals surface area contributed by atoms with Crippen LogP contribution >= 0.6 is 0 Å². The Morgan fingerprint density at radius 1 is 1.07 bits per heavy atom. The van der Waals surface area contributed by atoms with E-state index >= 15 is 0 Å². The zero-order valence-electron chi connectivity index (χ0n) is 16.2. The molecule has 0 saturated carbocycles. The largest absolute Gasteiger partial charge is 0.505 e. The van der Waals surface area contributed by atoms with Crippen molar-refractivity contribution in [1.82, 2.24) is 4.98 Å². The Labute approximate surface area is 168 Å². The molecule has 146 valence electrons. The van der Waals surface area contributed by atoms with E-state index < -0.39 is 6.04 Å². The van der Waals surface area contributed by atoms with Crippen molar-refractivity contribution < 1.29 is 19.9 Å². The molecule has 29 heavy (non-hydrogen) atoms. The van der Waals surface area contributed by atoms with Crippen LogP contribution in [0.4, 0.5) is 5.82 Å². The van der Waals surface area contributed by atoms with Gasteiger partial charge in [0, 0.05) is 28.8 Å². The van der Waals surface area contributed by atoms with Crippen LogP contribution in [0.3, 0.4) is 0 Å². The number of H-pyrrole nitrogens is 1. The molecular weight excluding hydrogens is 366 g/mol. The van der Waals surface area contributed by atoms with E-state index in [9.17, 15) is 10.2 Å². The van der Waals surface area contributed by atoms with E-state index in [0.29, 0.717) is 16.8 Å². The molecule has 4 aromatic rings. The minimum atomic E-state index is -0.434. The van der Waals surface area contributed by atoms with Crippen LogP contribution in [0.1, 0.15) is 22.7 Å². The second kappa shape index (κ2) is 7.67. The highest BCUT2D eigenvalue weighted by molar-refractivity contribution is 5.86. The van der Waals surface area contributed by atoms with Gasteiger partial charge in [0.15, 0.2) is 11.5 Å². The zero-order chi connectivity index (χ0) is 20.4. The first-order valence-corrected chi connectivity index (χ1v) is 9.25. The number of hydrogen-bond acceptors (Lipinski definition) is 5. The number of methoxy groups -OCH3 is 1. The number of rotatable bonds is 5. The third-order valence-electron chi connectivity index (χ3n) is 4.88. The third kappa shape index (κ3) is 3.65. The van der Waals surface area contributed by atoms with Crippen LogP contribution in [0.15, 0.2) is 67.0 Å². The molecular formula is C23H22N3O3+. The van der Waals surface area contributed by atoms with Crippen molar-refractivity contribution in [2.75, 3.05) is 12.4 Å². The van der Waals surface area contributed by atoms with Crippen molar-refractivity contribution in [2.45, 2.75) is 13.0 Å². The first-order valence-electron chi connectivity index (χ1n) is 9.25. The summed E-state index contributed by atoms with van der Waals surface area (Å²) in [6.45, 7) is 2.00. The predicted octanol–water partition coefficient (Wildman–Crippen LogP) is 3.98. The Morgan fingerprint density at radius 3 is 2.69 bits per heavy atom. The van der Waals surface area contributed by atoms with E-state index in [2.05, 4.69) is 15.3 Å². The molecule has 6 nitrogen and oxygen atoms in total. The van der Waals surface area contributed by atoms with E-state index in [1.54, 1.807) is 18.3 Å². The molecule has 0 aliphatic carbocycles. The van der Waals surface area contributed by atoms with Crippen molar-refractivity contribution >= 4 is 16.7 Å². The molecule has 2 aromatic carbocycles. The monoisotopic (exact) mass is 388 g/mol. The minimum Gasteiger partial charge on any atom is -0.505 e. The van der Waals surface area contributed by atoms with E-state index in [1.807, 2.05) is 55.6 Å². The Kier molecular flexibility index (Phi) is 4.91. The fourth-order valence-electron chi connectivity index (χ4n) is 3.42. The zero-order valence-corrected chi connectivity index (χ0v) is 16.2. The van der Waals surface area contributed by atoms with Crippen LogP contribution in [-0.2, 0) is 0 Å². The van der Waals surface area contributed by atoms with Crippen molar-refractivity contribution in [3.63, 3.8) is 0 Å². The molecule has 4 N–H and O–H groups in total. The smallest absolute Gasteiger partial charge is 0.273 e. The summed E-state index contributed by atoms with van der Waals surface area (Å²) < 4.78 is 5.16. The number of aryl methyl sites for hydroxylation is 1. The Morgan fingerprint density at radius 2 is 1.93 bits per heavy atom. The number of phenols is 2. The lowest BCUT2D eigenvalue weighted by Crippen LogP contribution is -2.19. The molecule has 0 unspecified atom stereocenters. The molecule has 4 rings (SSSR count). The number of nitrogens with zero attached hydrogens (tertiary/aromatic N) is 1. The molecule has 0 fully saturated rings. The summed E-state index contributed by atoms with van der Waals surface area (Å²) in [4.78, 5) is 7.51. The topological polar surface area (TPSA) is 88.8 Å². The minimum absolute atomic E-state index is 0.0309. The maximum Gasteiger partial charge on any atom is 0.273 e. The van der Waals surface area contributed by atoms with E-state index in [4.69, 9.17) is 4.74 Å². The van der Waals surface area contributed by atoms with Crippen LogP contribution in [0.5, 0.6) is 17.2 Å². The standard InChI is InChI=1S/C23H21N3O3/c1-14-9-11-24-20(12-14)26-21(16-6-8-19(29-2)18(27)13-16)17-7-5-15-4-3-10-25-22(15)23(17)28/h3-13,21,27-28H,1-2H3,(H,24,26)/p+1/t21-/m1/s1. The summed E-state index contributed by atoms with van der Waals surface area (Å²) in [5.41, 5.74) is 3.04. The number of nitrogens with one attached hydrogen (secondary N) is 2. The fraction of sp³-hybridized carbons (Fsp3) is 0.130. The Hall–Kier alpha value is -3.80. The summed E-state index contributed by atoms with van der Waals surface area (Å²) in [5, 5.41) is 25.6. The van der Waals surface area contributed by atoms with Crippen molar-refractivity contribution in [3.05, 3.63) is 83.7 Å². The van der Waals surface area contributed by atoms with Crippen LogP contribution in [0.25, 0.3) is 10.9 Å². The number of anilines is 1. The van der Waals surface area contributed by atoms with Gasteiger partial charge in [0.05, 0.1) is 13.3 Å². The molecule has 0 bridgehead atoms. The van der Waals surface area contributed by atoms with Gasteiger partial charge >= 0.3 is 0 Å². The third-order valence-corrected chi connectivity index (χ3v) is 4.88. The molecule has 0 saturated heterocycles. The van der Waals surface area contributed by atoms with Crippen LogP contribution in [0.2, 0.25) is 0 Å². The van der Waals surface area contributed by atoms with Crippen molar-refractivity contribution in [3.8, 4) is 17.2 Å². The van der Waals surface area contributed by atoms with Gasteiger partial charge in [0.25, 0.3) is 5.82 Å². The number of pyridine rings is 2. The number of ether oxygens (including phenoxy) is 1. The summed E-state index contributed by atoms with van der Waals surface area (Å²) >= 11 is 0. The maximum absolute atomic E-state index is 11.0. The fourth-order valence-corrected chi connectivity index (χ4v) is 3.42. The van der Waals surface area contributed by atoms with Gasteiger partial charge in [-0.2, -0.15) is 0 Å². The summed E-state index contributed by atoms with van der Waals surface area (Å²) in [6, 6.07) is 16.2. The van der Waals surface area contributed by atoms with Crippen LogP contribution in [0, 0.1) is 6.92 Å². The van der Waals surface area contributed by atoms with E-state index in [0.717, 1.165) is 22.3 Å². The van der Waals surface area contributed by atoms with Gasteiger partial charge in [-0.25, -0.2) is 4.98 Å². The normalized spacial score (nSPS) is 11.9. The summed E-state index contributed by atoms with van der Waals surface area (Å²) in [7, 11) is 1.51. The second-order valence-electron chi connectivity index (χ2n) is 6.87. The lowest BCUT2D eigenvalue weighted by molar-refractivity contribution is -0.361. The lowest BCUT2D eigenvalue weighted by Gasteiger charge is -2.18. The highest BCUT2D eigenvalue weighted by Gasteiger charge is 2.25. The average molecular weight is 388 g/mol.